The average Bonchev–Trinajstić information content (AvgIpc) is 3.38. The van der Waals surface area contributed by atoms with Crippen LogP contribution in [0.4, 0.5) is 5.69 Å². The van der Waals surface area contributed by atoms with Crippen molar-refractivity contribution in [2.75, 3.05) is 5.73 Å². The number of carbonyl (C=O) groups excluding carboxylic acids is 1. The number of imidazole rings is 1. The number of hydrogen-bond donors (Lipinski definition) is 2. The Kier molecular flexibility index (Phi) is 3.94. The number of amides is 1. The zero-order valence-electron chi connectivity index (χ0n) is 15.2. The molecule has 0 bridgehead atoms. The van der Waals surface area contributed by atoms with Crippen molar-refractivity contribution in [3.05, 3.63) is 78.4 Å². The van der Waals surface area contributed by atoms with Gasteiger partial charge in [-0.2, -0.15) is 0 Å². The van der Waals surface area contributed by atoms with Crippen LogP contribution in [0.15, 0.2) is 71.7 Å². The van der Waals surface area contributed by atoms with Crippen LogP contribution in [-0.4, -0.2) is 25.3 Å². The molecule has 5 rings (SSSR count). The van der Waals surface area contributed by atoms with Crippen LogP contribution < -0.4 is 11.1 Å². The van der Waals surface area contributed by atoms with Gasteiger partial charge in [0.25, 0.3) is 5.91 Å². The molecule has 0 aliphatic carbocycles. The zero-order chi connectivity index (χ0) is 19.8. The summed E-state index contributed by atoms with van der Waals surface area (Å²) >= 11 is 0. The fourth-order valence-corrected chi connectivity index (χ4v) is 3.05. The van der Waals surface area contributed by atoms with E-state index >= 15 is 0 Å². The first-order valence-corrected chi connectivity index (χ1v) is 8.98. The quantitative estimate of drug-likeness (QED) is 0.461. The van der Waals surface area contributed by atoms with E-state index in [0.717, 1.165) is 16.6 Å². The van der Waals surface area contributed by atoms with Crippen molar-refractivity contribution in [1.29, 1.82) is 0 Å². The van der Waals surface area contributed by atoms with E-state index in [-0.39, 0.29) is 5.91 Å². The first kappa shape index (κ1) is 16.9. The highest BCUT2D eigenvalue weighted by molar-refractivity contribution is 5.93. The van der Waals surface area contributed by atoms with Gasteiger partial charge in [0.05, 0.1) is 5.56 Å². The summed E-state index contributed by atoms with van der Waals surface area (Å²) in [6.07, 6.45) is 6.60. The summed E-state index contributed by atoms with van der Waals surface area (Å²) in [5.41, 5.74) is 10.1. The van der Waals surface area contributed by atoms with Gasteiger partial charge in [0.1, 0.15) is 5.52 Å². The summed E-state index contributed by atoms with van der Waals surface area (Å²) in [5, 5.41) is 2.89. The number of aromatic nitrogens is 4. The van der Waals surface area contributed by atoms with Gasteiger partial charge >= 0.3 is 0 Å². The number of nitrogens with zero attached hydrogens (tertiary/aromatic N) is 4. The highest BCUT2D eigenvalue weighted by Crippen LogP contribution is 2.25. The Morgan fingerprint density at radius 3 is 2.86 bits per heavy atom. The van der Waals surface area contributed by atoms with Crippen molar-refractivity contribution in [2.45, 2.75) is 6.54 Å². The molecule has 3 aromatic heterocycles. The van der Waals surface area contributed by atoms with Crippen LogP contribution in [0.2, 0.25) is 0 Å². The Labute approximate surface area is 165 Å². The fourth-order valence-electron chi connectivity index (χ4n) is 3.05. The number of rotatable bonds is 4. The molecule has 1 amide bonds. The number of fused-ring (bicyclic) bond motifs is 2. The summed E-state index contributed by atoms with van der Waals surface area (Å²) in [5.74, 6) is 0.883. The lowest BCUT2D eigenvalue weighted by Crippen LogP contribution is -2.23. The SMILES string of the molecule is Nc1ccc2nc(-c3ccc(CNC(=O)c4cnc5nccn5c4)cc3)oc2c1. The normalized spacial score (nSPS) is 11.2. The van der Waals surface area contributed by atoms with Crippen molar-refractivity contribution < 1.29 is 9.21 Å². The Balaban J connectivity index is 1.29. The third kappa shape index (κ3) is 3.27. The molecule has 142 valence electrons. The fraction of sp³-hybridized carbons (Fsp3) is 0.0476. The first-order chi connectivity index (χ1) is 14.2. The molecule has 0 saturated heterocycles. The second-order valence-electron chi connectivity index (χ2n) is 6.60. The lowest BCUT2D eigenvalue weighted by molar-refractivity contribution is 0.0950. The van der Waals surface area contributed by atoms with E-state index in [9.17, 15) is 4.79 Å². The van der Waals surface area contributed by atoms with Crippen molar-refractivity contribution >= 4 is 28.5 Å². The molecule has 0 fully saturated rings. The molecule has 0 aliphatic heterocycles. The molecule has 3 N–H and O–H groups in total. The van der Waals surface area contributed by atoms with Crippen molar-refractivity contribution in [1.82, 2.24) is 24.7 Å². The van der Waals surface area contributed by atoms with Crippen LogP contribution in [0.5, 0.6) is 0 Å². The summed E-state index contributed by atoms with van der Waals surface area (Å²) < 4.78 is 7.49. The monoisotopic (exact) mass is 384 g/mol. The minimum Gasteiger partial charge on any atom is -0.436 e. The molecule has 29 heavy (non-hydrogen) atoms. The maximum atomic E-state index is 12.4. The third-order valence-electron chi connectivity index (χ3n) is 4.57. The standard InChI is InChI=1S/C21H16N6O2/c22-16-5-6-17-18(9-16)29-20(26-17)14-3-1-13(2-4-14)10-24-19(28)15-11-25-21-23-7-8-27(21)12-15/h1-9,11-12H,10,22H2,(H,24,28). The van der Waals surface area contributed by atoms with Crippen LogP contribution in [0.1, 0.15) is 15.9 Å². The van der Waals surface area contributed by atoms with Crippen LogP contribution >= 0.6 is 0 Å². The molecule has 8 nitrogen and oxygen atoms in total. The lowest BCUT2D eigenvalue weighted by Gasteiger charge is -2.06. The molecule has 0 atom stereocenters. The molecule has 0 radical (unpaired) electrons. The van der Waals surface area contributed by atoms with Gasteiger partial charge in [-0.05, 0) is 29.8 Å². The van der Waals surface area contributed by atoms with Gasteiger partial charge in [-0.15, -0.1) is 0 Å². The van der Waals surface area contributed by atoms with Gasteiger partial charge in [-0.1, -0.05) is 12.1 Å². The summed E-state index contributed by atoms with van der Waals surface area (Å²) in [7, 11) is 0. The van der Waals surface area contributed by atoms with Crippen molar-refractivity contribution in [3.8, 4) is 11.5 Å². The Hall–Kier alpha value is -4.20. The number of benzene rings is 2. The molecule has 5 aromatic rings. The Bertz CT molecular complexity index is 1340. The number of hydrogen-bond acceptors (Lipinski definition) is 6. The number of nitrogens with one attached hydrogen (secondary N) is 1. The maximum Gasteiger partial charge on any atom is 0.254 e. The highest BCUT2D eigenvalue weighted by atomic mass is 16.3. The van der Waals surface area contributed by atoms with Crippen LogP contribution in [0.3, 0.4) is 0 Å². The smallest absolute Gasteiger partial charge is 0.254 e. The van der Waals surface area contributed by atoms with Crippen LogP contribution in [0, 0.1) is 0 Å². The minimum absolute atomic E-state index is 0.200. The molecular formula is C21H16N6O2. The van der Waals surface area contributed by atoms with E-state index in [4.69, 9.17) is 10.2 Å². The molecular weight excluding hydrogens is 368 g/mol. The van der Waals surface area contributed by atoms with Gasteiger partial charge in [0.2, 0.25) is 11.7 Å². The van der Waals surface area contributed by atoms with Crippen molar-refractivity contribution in [3.63, 3.8) is 0 Å². The number of nitrogens with two attached hydrogens (primary N) is 1. The van der Waals surface area contributed by atoms with E-state index in [2.05, 4.69) is 20.3 Å². The number of nitrogen functional groups attached to an aromatic ring is 1. The summed E-state index contributed by atoms with van der Waals surface area (Å²) in [4.78, 5) is 25.1. The van der Waals surface area contributed by atoms with Crippen LogP contribution in [-0.2, 0) is 6.54 Å². The van der Waals surface area contributed by atoms with Gasteiger partial charge in [-0.3, -0.25) is 9.20 Å². The maximum absolute atomic E-state index is 12.4. The highest BCUT2D eigenvalue weighted by Gasteiger charge is 2.10. The van der Waals surface area contributed by atoms with E-state index in [0.29, 0.717) is 35.0 Å². The zero-order valence-corrected chi connectivity index (χ0v) is 15.2. The second-order valence-corrected chi connectivity index (χ2v) is 6.60. The molecule has 0 aliphatic rings. The van der Waals surface area contributed by atoms with Crippen LogP contribution in [0.25, 0.3) is 28.3 Å². The first-order valence-electron chi connectivity index (χ1n) is 8.98. The number of anilines is 1. The predicted octanol–water partition coefficient (Wildman–Crippen LogP) is 3.05. The second kappa shape index (κ2) is 6.75. The van der Waals surface area contributed by atoms with E-state index in [1.54, 1.807) is 35.1 Å². The molecule has 0 spiro atoms. The average molecular weight is 384 g/mol. The van der Waals surface area contributed by atoms with E-state index in [1.165, 1.54) is 6.20 Å². The predicted molar refractivity (Wildman–Crippen MR) is 108 cm³/mol. The molecule has 2 aromatic carbocycles. The van der Waals surface area contributed by atoms with Gasteiger partial charge in [0, 0.05) is 48.6 Å². The summed E-state index contributed by atoms with van der Waals surface area (Å²) in [6, 6.07) is 13.1. The largest absolute Gasteiger partial charge is 0.436 e. The molecule has 0 unspecified atom stereocenters. The van der Waals surface area contributed by atoms with Crippen molar-refractivity contribution in [2.24, 2.45) is 0 Å². The number of carbonyl (C=O) groups is 1. The van der Waals surface area contributed by atoms with E-state index in [1.807, 2.05) is 30.3 Å². The van der Waals surface area contributed by atoms with Gasteiger partial charge in [-0.25, -0.2) is 15.0 Å². The number of oxazole rings is 1. The Morgan fingerprint density at radius 2 is 2.00 bits per heavy atom. The molecule has 3 heterocycles. The van der Waals surface area contributed by atoms with E-state index < -0.39 is 0 Å². The third-order valence-corrected chi connectivity index (χ3v) is 4.57. The van der Waals surface area contributed by atoms with Gasteiger partial charge < -0.3 is 15.5 Å². The lowest BCUT2D eigenvalue weighted by atomic mass is 10.1. The minimum atomic E-state index is -0.200. The topological polar surface area (TPSA) is 111 Å². The molecule has 0 saturated carbocycles. The van der Waals surface area contributed by atoms with Gasteiger partial charge in [0.15, 0.2) is 5.58 Å². The Morgan fingerprint density at radius 1 is 1.14 bits per heavy atom. The molecule has 8 heteroatoms. The summed E-state index contributed by atoms with van der Waals surface area (Å²) in [6.45, 7) is 0.394.